The molecular weight excluding hydrogens is 240 g/mol. The molecule has 0 N–H and O–H groups in total. The standard InChI is InChI=1S/C15H26N2O2/c1-13(2,3)19-12(18)17-9-14(4,5)11(8-16)15(6,7)10-17/h11H,9-10H2,1-7H3. The van der Waals surface area contributed by atoms with Crippen molar-refractivity contribution in [1.82, 2.24) is 4.90 Å². The van der Waals surface area contributed by atoms with E-state index in [9.17, 15) is 10.1 Å². The van der Waals surface area contributed by atoms with E-state index in [1.165, 1.54) is 0 Å². The van der Waals surface area contributed by atoms with Crippen LogP contribution in [-0.4, -0.2) is 29.7 Å². The van der Waals surface area contributed by atoms with E-state index >= 15 is 0 Å². The Labute approximate surface area is 116 Å². The molecule has 1 aliphatic heterocycles. The largest absolute Gasteiger partial charge is 0.444 e. The van der Waals surface area contributed by atoms with Crippen molar-refractivity contribution < 1.29 is 9.53 Å². The normalized spacial score (nSPS) is 22.7. The molecule has 0 atom stereocenters. The minimum Gasteiger partial charge on any atom is -0.444 e. The second-order valence-corrected chi connectivity index (χ2v) is 7.88. The molecule has 1 amide bonds. The maximum atomic E-state index is 12.2. The van der Waals surface area contributed by atoms with E-state index in [0.717, 1.165) is 0 Å². The number of piperidine rings is 1. The topological polar surface area (TPSA) is 53.3 Å². The Hall–Kier alpha value is -1.24. The second-order valence-electron chi connectivity index (χ2n) is 7.88. The molecule has 0 aliphatic carbocycles. The first kappa shape index (κ1) is 15.8. The summed E-state index contributed by atoms with van der Waals surface area (Å²) in [6, 6.07) is 2.41. The zero-order chi connectivity index (χ0) is 15.1. The number of nitrogens with zero attached hydrogens (tertiary/aromatic N) is 2. The van der Waals surface area contributed by atoms with Crippen LogP contribution >= 0.6 is 0 Å². The number of amides is 1. The van der Waals surface area contributed by atoms with Crippen molar-refractivity contribution in [3.63, 3.8) is 0 Å². The van der Waals surface area contributed by atoms with E-state index in [1.807, 2.05) is 48.5 Å². The summed E-state index contributed by atoms with van der Waals surface area (Å²) in [6.07, 6.45) is -0.287. The van der Waals surface area contributed by atoms with Gasteiger partial charge in [-0.2, -0.15) is 5.26 Å². The number of carbonyl (C=O) groups excluding carboxylic acids is 1. The number of hydrogen-bond acceptors (Lipinski definition) is 3. The monoisotopic (exact) mass is 266 g/mol. The molecule has 0 saturated carbocycles. The molecule has 1 saturated heterocycles. The fraction of sp³-hybridized carbons (Fsp3) is 0.867. The molecule has 0 aromatic heterocycles. The smallest absolute Gasteiger partial charge is 0.410 e. The van der Waals surface area contributed by atoms with Crippen LogP contribution in [0, 0.1) is 28.1 Å². The van der Waals surface area contributed by atoms with Crippen molar-refractivity contribution in [3.8, 4) is 6.07 Å². The maximum absolute atomic E-state index is 12.2. The lowest BCUT2D eigenvalue weighted by Crippen LogP contribution is -2.56. The molecule has 0 aromatic carbocycles. The zero-order valence-electron chi connectivity index (χ0n) is 13.2. The molecule has 0 spiro atoms. The van der Waals surface area contributed by atoms with Gasteiger partial charge in [0.05, 0.1) is 12.0 Å². The lowest BCUT2D eigenvalue weighted by Gasteiger charge is -2.50. The molecule has 0 radical (unpaired) electrons. The van der Waals surface area contributed by atoms with Crippen LogP contribution in [0.1, 0.15) is 48.5 Å². The molecule has 0 unspecified atom stereocenters. The fourth-order valence-electron chi connectivity index (χ4n) is 3.09. The van der Waals surface area contributed by atoms with Crippen LogP contribution in [0.5, 0.6) is 0 Å². The SMILES string of the molecule is CC(C)(C)OC(=O)N1CC(C)(C)C(C#N)C(C)(C)C1. The van der Waals surface area contributed by atoms with Gasteiger partial charge < -0.3 is 9.64 Å². The van der Waals surface area contributed by atoms with Gasteiger partial charge in [0.15, 0.2) is 0 Å². The summed E-state index contributed by atoms with van der Waals surface area (Å²) in [7, 11) is 0. The van der Waals surface area contributed by atoms with Crippen molar-refractivity contribution in [2.75, 3.05) is 13.1 Å². The Morgan fingerprint density at radius 2 is 1.63 bits per heavy atom. The summed E-state index contributed by atoms with van der Waals surface area (Å²) in [4.78, 5) is 13.9. The van der Waals surface area contributed by atoms with Gasteiger partial charge in [-0.1, -0.05) is 27.7 Å². The predicted molar refractivity (Wildman–Crippen MR) is 74.5 cm³/mol. The average Bonchev–Trinajstić information content (AvgIpc) is 2.11. The van der Waals surface area contributed by atoms with E-state index in [2.05, 4.69) is 6.07 Å². The quantitative estimate of drug-likeness (QED) is 0.675. The van der Waals surface area contributed by atoms with Crippen molar-refractivity contribution >= 4 is 6.09 Å². The number of hydrogen-bond donors (Lipinski definition) is 0. The first-order valence-corrected chi connectivity index (χ1v) is 6.77. The van der Waals surface area contributed by atoms with E-state index in [4.69, 9.17) is 4.74 Å². The number of likely N-dealkylation sites (tertiary alicyclic amines) is 1. The van der Waals surface area contributed by atoms with E-state index < -0.39 is 5.60 Å². The van der Waals surface area contributed by atoms with Gasteiger partial charge in [0.2, 0.25) is 0 Å². The molecule has 1 heterocycles. The van der Waals surface area contributed by atoms with Gasteiger partial charge >= 0.3 is 6.09 Å². The molecule has 108 valence electrons. The minimum absolute atomic E-state index is 0.0707. The molecule has 19 heavy (non-hydrogen) atoms. The Morgan fingerprint density at radius 3 is 1.95 bits per heavy atom. The maximum Gasteiger partial charge on any atom is 0.410 e. The van der Waals surface area contributed by atoms with Crippen LogP contribution in [0.25, 0.3) is 0 Å². The molecule has 1 aliphatic rings. The Bertz CT molecular complexity index is 381. The highest BCUT2D eigenvalue weighted by Gasteiger charge is 2.49. The summed E-state index contributed by atoms with van der Waals surface area (Å²) in [5.41, 5.74) is -0.946. The highest BCUT2D eigenvalue weighted by atomic mass is 16.6. The van der Waals surface area contributed by atoms with Gasteiger partial charge in [0, 0.05) is 13.1 Å². The first-order valence-electron chi connectivity index (χ1n) is 6.77. The van der Waals surface area contributed by atoms with Gasteiger partial charge in [-0.3, -0.25) is 0 Å². The van der Waals surface area contributed by atoms with Gasteiger partial charge in [0.25, 0.3) is 0 Å². The highest BCUT2D eigenvalue weighted by Crippen LogP contribution is 2.45. The fourth-order valence-corrected chi connectivity index (χ4v) is 3.09. The average molecular weight is 266 g/mol. The summed E-state index contributed by atoms with van der Waals surface area (Å²) < 4.78 is 5.44. The van der Waals surface area contributed by atoms with E-state index in [0.29, 0.717) is 13.1 Å². The molecule has 4 nitrogen and oxygen atoms in total. The van der Waals surface area contributed by atoms with Crippen molar-refractivity contribution in [3.05, 3.63) is 0 Å². The molecular formula is C15H26N2O2. The summed E-state index contributed by atoms with van der Waals surface area (Å²) in [6.45, 7) is 14.9. The van der Waals surface area contributed by atoms with Crippen molar-refractivity contribution in [1.29, 1.82) is 5.26 Å². The third kappa shape index (κ3) is 3.62. The number of nitriles is 1. The van der Waals surface area contributed by atoms with Crippen LogP contribution in [0.3, 0.4) is 0 Å². The second kappa shape index (κ2) is 4.70. The highest BCUT2D eigenvalue weighted by molar-refractivity contribution is 5.68. The zero-order valence-corrected chi connectivity index (χ0v) is 13.2. The lowest BCUT2D eigenvalue weighted by molar-refractivity contribution is -0.0361. The Kier molecular flexibility index (Phi) is 3.91. The summed E-state index contributed by atoms with van der Waals surface area (Å²) >= 11 is 0. The minimum atomic E-state index is -0.489. The third-order valence-corrected chi connectivity index (χ3v) is 3.54. The number of carbonyl (C=O) groups is 1. The Morgan fingerprint density at radius 1 is 1.21 bits per heavy atom. The predicted octanol–water partition coefficient (Wildman–Crippen LogP) is 3.43. The molecule has 0 bridgehead atoms. The molecule has 0 aromatic rings. The van der Waals surface area contributed by atoms with Crippen LogP contribution in [0.15, 0.2) is 0 Å². The molecule has 1 rings (SSSR count). The van der Waals surface area contributed by atoms with Gasteiger partial charge in [-0.15, -0.1) is 0 Å². The van der Waals surface area contributed by atoms with Gasteiger partial charge in [-0.05, 0) is 31.6 Å². The van der Waals surface area contributed by atoms with Gasteiger partial charge in [0.1, 0.15) is 5.60 Å². The van der Waals surface area contributed by atoms with E-state index in [1.54, 1.807) is 4.90 Å². The number of ether oxygens (including phenoxy) is 1. The molecule has 4 heteroatoms. The summed E-state index contributed by atoms with van der Waals surface area (Å²) in [5, 5.41) is 9.39. The van der Waals surface area contributed by atoms with Crippen LogP contribution < -0.4 is 0 Å². The van der Waals surface area contributed by atoms with E-state index in [-0.39, 0.29) is 22.8 Å². The summed E-state index contributed by atoms with van der Waals surface area (Å²) in [5.74, 6) is -0.0707. The van der Waals surface area contributed by atoms with Crippen molar-refractivity contribution in [2.45, 2.75) is 54.1 Å². The van der Waals surface area contributed by atoms with Gasteiger partial charge in [-0.25, -0.2) is 4.79 Å². The van der Waals surface area contributed by atoms with Crippen molar-refractivity contribution in [2.24, 2.45) is 16.7 Å². The van der Waals surface area contributed by atoms with Crippen LogP contribution in [0.2, 0.25) is 0 Å². The lowest BCUT2D eigenvalue weighted by atomic mass is 9.62. The van der Waals surface area contributed by atoms with Crippen LogP contribution in [0.4, 0.5) is 4.79 Å². The first-order chi connectivity index (χ1) is 8.39. The van der Waals surface area contributed by atoms with Crippen LogP contribution in [-0.2, 0) is 4.74 Å². The molecule has 1 fully saturated rings. The number of rotatable bonds is 0. The Balaban J connectivity index is 2.92. The third-order valence-electron chi connectivity index (χ3n) is 3.54.